The van der Waals surface area contributed by atoms with Crippen LogP contribution in [-0.2, 0) is 24.9 Å². The van der Waals surface area contributed by atoms with E-state index in [4.69, 9.17) is 5.11 Å². The molecular weight excluding hydrogens is 258 g/mol. The van der Waals surface area contributed by atoms with Gasteiger partial charge in [0, 0.05) is 31.7 Å². The smallest absolute Gasteiger partial charge is 0.241 e. The van der Waals surface area contributed by atoms with Gasteiger partial charge in [0.2, 0.25) is 5.91 Å². The largest absolute Gasteiger partial charge is 0.395 e. The summed E-state index contributed by atoms with van der Waals surface area (Å²) in [6.45, 7) is 1.05. The van der Waals surface area contributed by atoms with Crippen molar-refractivity contribution in [1.29, 1.82) is 0 Å². The van der Waals surface area contributed by atoms with Gasteiger partial charge in [0.05, 0.1) is 25.0 Å². The Morgan fingerprint density at radius 2 is 2.35 bits per heavy atom. The maximum Gasteiger partial charge on any atom is 0.241 e. The van der Waals surface area contributed by atoms with E-state index in [-0.39, 0.29) is 25.6 Å². The lowest BCUT2D eigenvalue weighted by Crippen LogP contribution is -2.30. The number of amides is 1. The third-order valence-electron chi connectivity index (χ3n) is 2.90. The molecule has 0 aliphatic carbocycles. The Hall–Kier alpha value is -2.28. The maximum atomic E-state index is 11.5. The van der Waals surface area contributed by atoms with Crippen molar-refractivity contribution in [2.24, 2.45) is 7.05 Å². The van der Waals surface area contributed by atoms with E-state index < -0.39 is 0 Å². The van der Waals surface area contributed by atoms with E-state index in [1.54, 1.807) is 17.1 Å². The fourth-order valence-electron chi connectivity index (χ4n) is 1.81. The number of nitrogens with zero attached hydrogens (tertiary/aromatic N) is 3. The van der Waals surface area contributed by atoms with Crippen molar-refractivity contribution in [2.45, 2.75) is 13.1 Å². The van der Waals surface area contributed by atoms with Gasteiger partial charge in [0.1, 0.15) is 6.54 Å². The van der Waals surface area contributed by atoms with Gasteiger partial charge >= 0.3 is 0 Å². The fourth-order valence-corrected chi connectivity index (χ4v) is 1.81. The predicted octanol–water partition coefficient (Wildman–Crippen LogP) is -0.0578. The van der Waals surface area contributed by atoms with Crippen LogP contribution >= 0.6 is 0 Å². The summed E-state index contributed by atoms with van der Waals surface area (Å²) in [5, 5.41) is 18.6. The van der Waals surface area contributed by atoms with E-state index in [2.05, 4.69) is 15.7 Å². The molecule has 7 nitrogen and oxygen atoms in total. The van der Waals surface area contributed by atoms with Crippen molar-refractivity contribution in [2.75, 3.05) is 18.5 Å². The monoisotopic (exact) mass is 277 g/mol. The molecule has 1 amide bonds. The van der Waals surface area contributed by atoms with E-state index in [0.29, 0.717) is 6.54 Å². The Morgan fingerprint density at radius 3 is 3.05 bits per heavy atom. The molecule has 2 aromatic heterocycles. The zero-order valence-electron chi connectivity index (χ0n) is 11.4. The Bertz CT molecular complexity index is 561. The highest BCUT2D eigenvalue weighted by molar-refractivity contribution is 5.75. The first-order valence-electron chi connectivity index (χ1n) is 6.43. The van der Waals surface area contributed by atoms with Crippen LogP contribution in [0.25, 0.3) is 0 Å². The molecule has 0 atom stereocenters. The third kappa shape index (κ3) is 3.86. The molecule has 0 fully saturated rings. The van der Waals surface area contributed by atoms with E-state index in [1.807, 2.05) is 29.9 Å². The second-order valence-electron chi connectivity index (χ2n) is 4.46. The van der Waals surface area contributed by atoms with Crippen molar-refractivity contribution in [1.82, 2.24) is 19.7 Å². The Balaban J connectivity index is 1.83. The lowest BCUT2D eigenvalue weighted by atomic mass is 10.4. The van der Waals surface area contributed by atoms with Crippen LogP contribution in [0.3, 0.4) is 0 Å². The van der Waals surface area contributed by atoms with Crippen LogP contribution in [0.15, 0.2) is 30.7 Å². The Kier molecular flexibility index (Phi) is 4.78. The van der Waals surface area contributed by atoms with E-state index in [1.165, 1.54) is 5.69 Å². The van der Waals surface area contributed by atoms with E-state index in [0.717, 1.165) is 5.69 Å². The number of aryl methyl sites for hydroxylation is 1. The van der Waals surface area contributed by atoms with Crippen LogP contribution in [0.2, 0.25) is 0 Å². The summed E-state index contributed by atoms with van der Waals surface area (Å²) < 4.78 is 3.60. The van der Waals surface area contributed by atoms with Gasteiger partial charge in [-0.1, -0.05) is 0 Å². The molecule has 0 aromatic carbocycles. The normalized spacial score (nSPS) is 10.5. The van der Waals surface area contributed by atoms with Gasteiger partial charge in [-0.25, -0.2) is 0 Å². The second-order valence-corrected chi connectivity index (χ2v) is 4.46. The number of carbonyl (C=O) groups is 1. The maximum absolute atomic E-state index is 11.5. The number of carbonyl (C=O) groups excluding carboxylic acids is 1. The summed E-state index contributed by atoms with van der Waals surface area (Å²) in [6, 6.07) is 4.03. The second kappa shape index (κ2) is 6.76. The van der Waals surface area contributed by atoms with E-state index >= 15 is 0 Å². The standard InChI is InChI=1S/C13H19N5O2/c1-17-5-2-3-12(17)8-15-11-7-16-18(9-11)10-13(20)14-4-6-19/h2-3,5,7,9,15,19H,4,6,8,10H2,1H3,(H,14,20). The molecule has 2 aromatic rings. The summed E-state index contributed by atoms with van der Waals surface area (Å²) in [5.74, 6) is -0.170. The minimum atomic E-state index is -0.170. The number of hydrogen-bond acceptors (Lipinski definition) is 4. The van der Waals surface area contributed by atoms with Crippen molar-refractivity contribution >= 4 is 11.6 Å². The van der Waals surface area contributed by atoms with Gasteiger partial charge in [0.25, 0.3) is 0 Å². The van der Waals surface area contributed by atoms with Crippen molar-refractivity contribution in [3.63, 3.8) is 0 Å². The van der Waals surface area contributed by atoms with Crippen molar-refractivity contribution < 1.29 is 9.90 Å². The molecule has 20 heavy (non-hydrogen) atoms. The molecular formula is C13H19N5O2. The van der Waals surface area contributed by atoms with Crippen LogP contribution in [0, 0.1) is 0 Å². The highest BCUT2D eigenvalue weighted by atomic mass is 16.3. The Morgan fingerprint density at radius 1 is 1.50 bits per heavy atom. The first-order chi connectivity index (χ1) is 9.69. The predicted molar refractivity (Wildman–Crippen MR) is 75.1 cm³/mol. The van der Waals surface area contributed by atoms with Crippen LogP contribution < -0.4 is 10.6 Å². The summed E-state index contributed by atoms with van der Waals surface area (Å²) in [5.41, 5.74) is 2.03. The van der Waals surface area contributed by atoms with Crippen LogP contribution in [-0.4, -0.2) is 38.5 Å². The van der Waals surface area contributed by atoms with E-state index in [9.17, 15) is 4.79 Å². The number of rotatable bonds is 7. The Labute approximate surface area is 117 Å². The molecule has 0 bridgehead atoms. The highest BCUT2D eigenvalue weighted by Crippen LogP contribution is 2.08. The molecule has 0 saturated carbocycles. The van der Waals surface area contributed by atoms with Gasteiger partial charge in [-0.3, -0.25) is 9.48 Å². The average molecular weight is 277 g/mol. The molecule has 0 radical (unpaired) electrons. The topological polar surface area (TPSA) is 84.1 Å². The fraction of sp³-hybridized carbons (Fsp3) is 0.385. The zero-order valence-corrected chi connectivity index (χ0v) is 11.4. The molecule has 2 rings (SSSR count). The quantitative estimate of drug-likeness (QED) is 0.662. The third-order valence-corrected chi connectivity index (χ3v) is 2.90. The summed E-state index contributed by atoms with van der Waals surface area (Å²) in [4.78, 5) is 11.5. The van der Waals surface area contributed by atoms with Gasteiger partial charge < -0.3 is 20.3 Å². The van der Waals surface area contributed by atoms with Gasteiger partial charge in [-0.05, 0) is 12.1 Å². The van der Waals surface area contributed by atoms with Crippen LogP contribution in [0.4, 0.5) is 5.69 Å². The van der Waals surface area contributed by atoms with Gasteiger partial charge in [-0.15, -0.1) is 0 Å². The first-order valence-corrected chi connectivity index (χ1v) is 6.43. The lowest BCUT2D eigenvalue weighted by molar-refractivity contribution is -0.122. The molecule has 0 spiro atoms. The van der Waals surface area contributed by atoms with Crippen LogP contribution in [0.5, 0.6) is 0 Å². The van der Waals surface area contributed by atoms with Crippen molar-refractivity contribution in [3.05, 3.63) is 36.4 Å². The van der Waals surface area contributed by atoms with Gasteiger partial charge in [-0.2, -0.15) is 5.10 Å². The minimum absolute atomic E-state index is 0.0612. The molecule has 3 N–H and O–H groups in total. The van der Waals surface area contributed by atoms with Crippen molar-refractivity contribution in [3.8, 4) is 0 Å². The SMILES string of the molecule is Cn1cccc1CNc1cnn(CC(=O)NCCO)c1. The zero-order chi connectivity index (χ0) is 14.4. The number of nitrogens with one attached hydrogen (secondary N) is 2. The van der Waals surface area contributed by atoms with Gasteiger partial charge in [0.15, 0.2) is 0 Å². The van der Waals surface area contributed by atoms with Crippen LogP contribution in [0.1, 0.15) is 5.69 Å². The molecule has 7 heteroatoms. The summed E-state index contributed by atoms with van der Waals surface area (Å²) in [6.07, 6.45) is 5.45. The number of anilines is 1. The summed E-state index contributed by atoms with van der Waals surface area (Å²) in [7, 11) is 1.99. The minimum Gasteiger partial charge on any atom is -0.395 e. The highest BCUT2D eigenvalue weighted by Gasteiger charge is 2.04. The number of aromatic nitrogens is 3. The lowest BCUT2D eigenvalue weighted by Gasteiger charge is -2.05. The molecule has 0 unspecified atom stereocenters. The molecule has 0 aliphatic rings. The number of hydrogen-bond donors (Lipinski definition) is 3. The first kappa shape index (κ1) is 14.1. The molecule has 0 aliphatic heterocycles. The molecule has 0 saturated heterocycles. The number of aliphatic hydroxyl groups is 1. The summed E-state index contributed by atoms with van der Waals surface area (Å²) >= 11 is 0. The number of aliphatic hydroxyl groups excluding tert-OH is 1. The molecule has 108 valence electrons. The molecule has 2 heterocycles. The average Bonchev–Trinajstić information content (AvgIpc) is 3.03.